The Hall–Kier alpha value is -2.61. The predicted octanol–water partition coefficient (Wildman–Crippen LogP) is 3.62. The molecule has 0 saturated carbocycles. The maximum absolute atomic E-state index is 12.4. The van der Waals surface area contributed by atoms with E-state index >= 15 is 0 Å². The maximum atomic E-state index is 12.4. The van der Waals surface area contributed by atoms with Gasteiger partial charge in [0.2, 0.25) is 0 Å². The monoisotopic (exact) mass is 420 g/mol. The van der Waals surface area contributed by atoms with Crippen LogP contribution >= 0.6 is 15.9 Å². The van der Waals surface area contributed by atoms with Crippen LogP contribution in [0.15, 0.2) is 16.6 Å². The van der Waals surface area contributed by atoms with Crippen molar-refractivity contribution < 1.29 is 23.8 Å². The van der Waals surface area contributed by atoms with Crippen LogP contribution in [0, 0.1) is 0 Å². The third-order valence-electron chi connectivity index (χ3n) is 4.18. The van der Waals surface area contributed by atoms with Crippen molar-refractivity contribution in [3.63, 3.8) is 0 Å². The van der Waals surface area contributed by atoms with Crippen molar-refractivity contribution >= 4 is 49.7 Å². The van der Waals surface area contributed by atoms with E-state index in [2.05, 4.69) is 25.9 Å². The number of methoxy groups -OCH3 is 3. The Morgan fingerprint density at radius 3 is 2.42 bits per heavy atom. The van der Waals surface area contributed by atoms with Crippen molar-refractivity contribution in [3.8, 4) is 5.75 Å². The maximum Gasteiger partial charge on any atom is 0.356 e. The highest BCUT2D eigenvalue weighted by atomic mass is 79.9. The number of aromatic amines is 1. The lowest BCUT2D eigenvalue weighted by molar-refractivity contribution is 0.0594. The number of H-pyrrole nitrogens is 1. The van der Waals surface area contributed by atoms with E-state index in [1.165, 1.54) is 27.4 Å². The fourth-order valence-corrected chi connectivity index (χ4v) is 3.59. The van der Waals surface area contributed by atoms with Gasteiger partial charge in [-0.1, -0.05) is 6.92 Å². The van der Waals surface area contributed by atoms with Crippen molar-refractivity contribution in [2.24, 2.45) is 0 Å². The second kappa shape index (κ2) is 6.95. The van der Waals surface area contributed by atoms with Gasteiger partial charge >= 0.3 is 11.9 Å². The molecule has 0 aliphatic heterocycles. The predicted molar refractivity (Wildman–Crippen MR) is 99.9 cm³/mol. The molecule has 0 fully saturated rings. The minimum atomic E-state index is -0.656. The third kappa shape index (κ3) is 2.70. The summed E-state index contributed by atoms with van der Waals surface area (Å²) in [4.78, 5) is 32.1. The highest BCUT2D eigenvalue weighted by Crippen LogP contribution is 2.42. The number of nitrogens with zero attached hydrogens (tertiary/aromatic N) is 1. The number of ether oxygens (including phenoxy) is 3. The molecule has 136 valence electrons. The summed E-state index contributed by atoms with van der Waals surface area (Å²) in [7, 11) is 4.04. The first-order valence-electron chi connectivity index (χ1n) is 7.85. The number of aryl methyl sites for hydroxylation is 1. The number of rotatable bonds is 4. The molecule has 2 aromatic heterocycles. The van der Waals surface area contributed by atoms with Crippen LogP contribution in [0.3, 0.4) is 0 Å². The second-order valence-corrected chi connectivity index (χ2v) is 6.34. The van der Waals surface area contributed by atoms with E-state index in [4.69, 9.17) is 14.2 Å². The first-order valence-corrected chi connectivity index (χ1v) is 8.64. The van der Waals surface area contributed by atoms with Crippen LogP contribution in [0.4, 0.5) is 0 Å². The number of carbonyl (C=O) groups excluding carboxylic acids is 2. The first kappa shape index (κ1) is 18.2. The molecule has 0 unspecified atom stereocenters. The molecule has 26 heavy (non-hydrogen) atoms. The van der Waals surface area contributed by atoms with Gasteiger partial charge in [-0.25, -0.2) is 14.6 Å². The highest BCUT2D eigenvalue weighted by molar-refractivity contribution is 9.10. The number of nitrogens with one attached hydrogen (secondary N) is 1. The van der Waals surface area contributed by atoms with Gasteiger partial charge < -0.3 is 19.2 Å². The number of aromatic nitrogens is 2. The molecule has 0 spiro atoms. The van der Waals surface area contributed by atoms with Crippen molar-refractivity contribution in [2.75, 3.05) is 21.3 Å². The summed E-state index contributed by atoms with van der Waals surface area (Å²) in [5, 5.41) is 1.38. The Labute approximate surface area is 157 Å². The van der Waals surface area contributed by atoms with Gasteiger partial charge in [0.25, 0.3) is 0 Å². The summed E-state index contributed by atoms with van der Waals surface area (Å²) < 4.78 is 15.9. The number of hydrogen-bond donors (Lipinski definition) is 1. The number of esters is 2. The zero-order chi connectivity index (χ0) is 19.0. The van der Waals surface area contributed by atoms with Crippen molar-refractivity contribution in [1.82, 2.24) is 9.97 Å². The number of carbonyl (C=O) groups is 2. The summed E-state index contributed by atoms with van der Waals surface area (Å²) in [5.74, 6) is -0.818. The van der Waals surface area contributed by atoms with Crippen molar-refractivity contribution in [2.45, 2.75) is 13.3 Å². The zero-order valence-electron chi connectivity index (χ0n) is 14.7. The molecule has 0 bridgehead atoms. The minimum Gasteiger partial charge on any atom is -0.493 e. The Morgan fingerprint density at radius 2 is 1.85 bits per heavy atom. The average Bonchev–Trinajstić information content (AvgIpc) is 3.11. The normalized spacial score (nSPS) is 11.0. The minimum absolute atomic E-state index is 0.00720. The molecule has 3 aromatic rings. The van der Waals surface area contributed by atoms with Gasteiger partial charge in [0, 0.05) is 16.5 Å². The molecule has 0 amide bonds. The first-order chi connectivity index (χ1) is 12.5. The molecular weight excluding hydrogens is 404 g/mol. The Bertz CT molecular complexity index is 1040. The molecule has 0 aliphatic carbocycles. The number of benzene rings is 1. The molecule has 2 heterocycles. The van der Waals surface area contributed by atoms with E-state index in [1.807, 2.05) is 13.0 Å². The van der Waals surface area contributed by atoms with Gasteiger partial charge in [0.15, 0.2) is 5.75 Å². The van der Waals surface area contributed by atoms with Crippen LogP contribution in [-0.2, 0) is 15.9 Å². The van der Waals surface area contributed by atoms with E-state index in [-0.39, 0.29) is 11.3 Å². The lowest BCUT2D eigenvalue weighted by Crippen LogP contribution is -2.10. The Balaban J connectivity index is 2.57. The van der Waals surface area contributed by atoms with Crippen LogP contribution in [-0.4, -0.2) is 43.2 Å². The molecule has 7 nitrogen and oxygen atoms in total. The van der Waals surface area contributed by atoms with E-state index in [0.29, 0.717) is 26.6 Å². The van der Waals surface area contributed by atoms with Gasteiger partial charge in [-0.05, 0) is 34.5 Å². The summed E-state index contributed by atoms with van der Waals surface area (Å²) in [6.45, 7) is 2.02. The molecule has 8 heteroatoms. The van der Waals surface area contributed by atoms with Crippen LogP contribution in [0.25, 0.3) is 21.8 Å². The topological polar surface area (TPSA) is 90.5 Å². The summed E-state index contributed by atoms with van der Waals surface area (Å²) >= 11 is 3.55. The van der Waals surface area contributed by atoms with Gasteiger partial charge in [-0.2, -0.15) is 0 Å². The fourth-order valence-electron chi connectivity index (χ4n) is 2.93. The largest absolute Gasteiger partial charge is 0.493 e. The lowest BCUT2D eigenvalue weighted by Gasteiger charge is -2.13. The smallest absolute Gasteiger partial charge is 0.356 e. The molecule has 1 aromatic carbocycles. The van der Waals surface area contributed by atoms with Crippen molar-refractivity contribution in [3.05, 3.63) is 33.6 Å². The Kier molecular flexibility index (Phi) is 4.86. The molecular formula is C18H17BrN2O5. The lowest BCUT2D eigenvalue weighted by atomic mass is 10.0. The molecule has 0 aliphatic rings. The van der Waals surface area contributed by atoms with E-state index in [0.717, 1.165) is 17.5 Å². The second-order valence-electron chi connectivity index (χ2n) is 5.55. The number of hydrogen-bond acceptors (Lipinski definition) is 6. The average molecular weight is 421 g/mol. The zero-order valence-corrected chi connectivity index (χ0v) is 16.3. The van der Waals surface area contributed by atoms with Crippen LogP contribution in [0.2, 0.25) is 0 Å². The summed E-state index contributed by atoms with van der Waals surface area (Å²) in [5.41, 5.74) is 2.27. The van der Waals surface area contributed by atoms with Crippen LogP contribution < -0.4 is 4.74 Å². The van der Waals surface area contributed by atoms with E-state index in [9.17, 15) is 9.59 Å². The van der Waals surface area contributed by atoms with Gasteiger partial charge in [0.05, 0.1) is 36.9 Å². The van der Waals surface area contributed by atoms with E-state index in [1.54, 1.807) is 0 Å². The molecule has 1 N–H and O–H groups in total. The van der Waals surface area contributed by atoms with E-state index < -0.39 is 11.9 Å². The van der Waals surface area contributed by atoms with Crippen molar-refractivity contribution in [1.29, 1.82) is 0 Å². The standard InChI is InChI=1S/C18H17BrN2O5/c1-5-8-6-10-13(19)16(24-2)15-12(14(10)20-8)9(17(22)25-3)7-11(21-15)18(23)26-4/h6-7,20H,5H2,1-4H3. The summed E-state index contributed by atoms with van der Waals surface area (Å²) in [6, 6.07) is 3.36. The molecule has 0 saturated heterocycles. The van der Waals surface area contributed by atoms with Gasteiger partial charge in [-0.3, -0.25) is 0 Å². The highest BCUT2D eigenvalue weighted by Gasteiger charge is 2.25. The molecule has 3 rings (SSSR count). The SMILES string of the molecule is CCc1cc2c(Br)c(OC)c3nc(C(=O)OC)cc(C(=O)OC)c3c2[nH]1. The number of halogens is 1. The van der Waals surface area contributed by atoms with Crippen LogP contribution in [0.1, 0.15) is 33.5 Å². The molecule has 0 atom stereocenters. The number of pyridine rings is 1. The molecule has 0 radical (unpaired) electrons. The quantitative estimate of drug-likeness (QED) is 0.648. The third-order valence-corrected chi connectivity index (χ3v) is 4.97. The van der Waals surface area contributed by atoms with Crippen LogP contribution in [0.5, 0.6) is 5.75 Å². The number of fused-ring (bicyclic) bond motifs is 3. The fraction of sp³-hybridized carbons (Fsp3) is 0.278. The summed E-state index contributed by atoms with van der Waals surface area (Å²) in [6.07, 6.45) is 0.784. The Morgan fingerprint density at radius 1 is 1.15 bits per heavy atom. The van der Waals surface area contributed by atoms with Gasteiger partial charge in [0.1, 0.15) is 11.2 Å². The van der Waals surface area contributed by atoms with Gasteiger partial charge in [-0.15, -0.1) is 0 Å².